The van der Waals surface area contributed by atoms with Gasteiger partial charge >= 0.3 is 18.1 Å². The van der Waals surface area contributed by atoms with Crippen LogP contribution in [0.4, 0.5) is 14.4 Å². The second-order valence-corrected chi connectivity index (χ2v) is 24.6. The summed E-state index contributed by atoms with van der Waals surface area (Å²) in [6, 6.07) is 6.42. The summed E-state index contributed by atoms with van der Waals surface area (Å²) in [6.45, 7) is 15.9. The number of amides is 6. The van der Waals surface area contributed by atoms with Crippen molar-refractivity contribution >= 4 is 61.5 Å². The molecule has 6 fully saturated rings. The maximum atomic E-state index is 12.4. The first-order chi connectivity index (χ1) is 43.7. The number of pyridine rings is 3. The van der Waals surface area contributed by atoms with Crippen molar-refractivity contribution in [2.75, 3.05) is 50.7 Å². The minimum Gasteiger partial charge on any atom is -0.724 e. The average Bonchev–Trinajstić information content (AvgIpc) is 1.65. The van der Waals surface area contributed by atoms with Gasteiger partial charge in [0, 0.05) is 67.7 Å². The molecule has 34 heteroatoms. The van der Waals surface area contributed by atoms with Crippen molar-refractivity contribution in [2.24, 2.45) is 7.05 Å². The molecule has 1 N–H and O–H groups in total. The smallest absolute Gasteiger partial charge is 0.346 e. The molecular formula is C57H79IN16O15S2. The molecule has 12 rings (SSSR count). The number of hydroxylamine groups is 6. The molecule has 6 aromatic rings. The van der Waals surface area contributed by atoms with Crippen LogP contribution in [0.15, 0.2) is 86.8 Å². The predicted molar refractivity (Wildman–Crippen MR) is 328 cm³/mol. The van der Waals surface area contributed by atoms with Gasteiger partial charge in [0.1, 0.15) is 25.2 Å². The number of carbonyl (C=O) groups is 3. The van der Waals surface area contributed by atoms with E-state index in [4.69, 9.17) is 13.3 Å². The lowest BCUT2D eigenvalue weighted by Crippen LogP contribution is -2.50. The Kier molecular flexibility index (Phi) is 24.7. The van der Waals surface area contributed by atoms with Gasteiger partial charge in [-0.1, -0.05) is 76.0 Å². The molecule has 6 aliphatic rings. The molecule has 6 amide bonds. The number of nitrogens with zero attached hydrogens (tertiary/aromatic N) is 16. The zero-order chi connectivity index (χ0) is 65.5. The molecular weight excluding hydrogens is 1340 g/mol. The molecule has 0 unspecified atom stereocenters. The van der Waals surface area contributed by atoms with Crippen LogP contribution in [0.5, 0.6) is 0 Å². The summed E-state index contributed by atoms with van der Waals surface area (Å²) in [4.78, 5) is 50.8. The van der Waals surface area contributed by atoms with Crippen LogP contribution in [0.2, 0.25) is 0 Å². The number of rotatable bonds is 22. The van der Waals surface area contributed by atoms with Gasteiger partial charge in [-0.2, -0.15) is 18.7 Å². The van der Waals surface area contributed by atoms with Gasteiger partial charge in [-0.15, -0.1) is 30.6 Å². The second kappa shape index (κ2) is 32.1. The molecule has 31 nitrogen and oxygen atoms in total. The number of urea groups is 3. The number of hydrogen-bond acceptors (Lipinski definition) is 23. The van der Waals surface area contributed by atoms with Crippen molar-refractivity contribution in [2.45, 2.75) is 154 Å². The molecule has 6 bridgehead atoms. The number of piperidine rings is 3. The molecule has 0 aliphatic carbocycles. The van der Waals surface area contributed by atoms with E-state index in [0.717, 1.165) is 22.6 Å². The van der Waals surface area contributed by atoms with Gasteiger partial charge in [-0.25, -0.2) is 40.8 Å². The summed E-state index contributed by atoms with van der Waals surface area (Å²) in [5, 5.41) is 35.8. The van der Waals surface area contributed by atoms with Crippen LogP contribution < -0.4 is 4.57 Å². The largest absolute Gasteiger partial charge is 0.724 e. The Bertz CT molecular complexity index is 3500. The number of carbonyl (C=O) groups excluding carboxylic acids is 3. The van der Waals surface area contributed by atoms with Gasteiger partial charge in [0.15, 0.2) is 12.4 Å². The van der Waals surface area contributed by atoms with Crippen molar-refractivity contribution in [3.05, 3.63) is 91.3 Å². The molecule has 0 spiro atoms. The summed E-state index contributed by atoms with van der Waals surface area (Å²) in [5.74, 6) is 1.93. The number of quaternary nitrogens is 1. The van der Waals surface area contributed by atoms with Crippen molar-refractivity contribution < 1.29 is 76.4 Å². The number of unbranched alkanes of at least 4 members (excludes halogenated alkanes) is 4. The highest BCUT2D eigenvalue weighted by Crippen LogP contribution is 2.41. The van der Waals surface area contributed by atoms with E-state index in [9.17, 15) is 45.5 Å². The molecule has 0 saturated carbocycles. The fraction of sp³-hybridized carbons (Fsp3) is 0.579. The highest BCUT2D eigenvalue weighted by Gasteiger charge is 2.51. The summed E-state index contributed by atoms with van der Waals surface area (Å²) in [6.07, 6.45) is 24.5. The predicted octanol–water partition coefficient (Wildman–Crippen LogP) is 7.88. The number of fused-ring (bicyclic) bond motifs is 6. The Labute approximate surface area is 542 Å². The fourth-order valence-electron chi connectivity index (χ4n) is 11.8. The van der Waals surface area contributed by atoms with Crippen molar-refractivity contribution in [3.63, 3.8) is 0 Å². The van der Waals surface area contributed by atoms with Crippen LogP contribution in [0.25, 0.3) is 34.4 Å². The average molecular weight is 1420 g/mol. The number of halogens is 1. The van der Waals surface area contributed by atoms with Crippen LogP contribution in [-0.4, -0.2) is 193 Å². The SMILES string of the molecule is CCCC[N+](CCCC)(CCCC)CCCC.CI.C[n+]1ccc(-c2nnc([C@@H]3CC[C@@H]4CN3C(=O)N4OS(=O)(=O)[O-])o2)cc1.O=C1N(O)[C@@H]2CC[C@@H](c3nnc(-c4ccncc4)o3)N1C2.O=C1N2C[C@@H](CC[C@H]2c2nnc(-c3ccncc3)o2)N1OS(=O)(=O)[O-]. The normalized spacial score (nSPS) is 21.0. The van der Waals surface area contributed by atoms with Crippen LogP contribution in [0, 0.1) is 0 Å². The lowest BCUT2D eigenvalue weighted by atomic mass is 10.0. The standard InChI is InChI=1S/C16H36N.C14H15N5O6S.C13H13N5O6S.C13H13N5O3.CH3I/c1-5-9-13-17(14-10-6-2,15-11-7-3)16-12-8-4;1-17-6-4-9(5-7-17)12-15-16-13(24-12)11-3-2-10-8-18(11)14(20)19(10)25-26(21,22)23;19-13-17-7-9(18(13)24-25(20,21)22)1-2-10(17)12-16-15-11(23-12)8-3-5-14-6-4-8;19-13-17-7-9(18(13)20)1-2-10(17)12-16-15-11(21-12)8-3-5-14-6-4-8;1-2/h5-16H2,1-4H3;4-7,10-11H,2-3,8H2,1H3;3-6,9-10H,1-2,7H2,(H,20,21,22);3-6,9-10,20H,1-2,7H2;1H3/q+1;;;;/p-1/t;10-,11+;2*9-,10+;/m.111./s1. The molecule has 91 heavy (non-hydrogen) atoms. The number of aromatic nitrogens is 9. The first-order valence-electron chi connectivity index (χ1n) is 30.5. The summed E-state index contributed by atoms with van der Waals surface area (Å²) < 4.78 is 93.8. The summed E-state index contributed by atoms with van der Waals surface area (Å²) in [7, 11) is -8.16. The van der Waals surface area contributed by atoms with Gasteiger partial charge in [0.25, 0.3) is 0 Å². The molecule has 496 valence electrons. The third-order valence-corrected chi connectivity index (χ3v) is 17.2. The summed E-state index contributed by atoms with van der Waals surface area (Å²) >= 11 is 2.15. The quantitative estimate of drug-likeness (QED) is 0.0128. The highest BCUT2D eigenvalue weighted by molar-refractivity contribution is 14.1. The molecule has 6 aromatic heterocycles. The van der Waals surface area contributed by atoms with E-state index in [1.807, 2.05) is 41.1 Å². The first kappa shape index (κ1) is 69.9. The zero-order valence-electron chi connectivity index (χ0n) is 51.8. The Hall–Kier alpha value is -6.93. The maximum Gasteiger partial charge on any atom is 0.346 e. The van der Waals surface area contributed by atoms with E-state index in [0.29, 0.717) is 77.9 Å². The Morgan fingerprint density at radius 2 is 0.846 bits per heavy atom. The van der Waals surface area contributed by atoms with Crippen LogP contribution in [0.3, 0.4) is 0 Å². The van der Waals surface area contributed by atoms with E-state index >= 15 is 0 Å². The van der Waals surface area contributed by atoms with Gasteiger partial charge in [0.2, 0.25) is 56.1 Å². The Morgan fingerprint density at radius 1 is 0.527 bits per heavy atom. The van der Waals surface area contributed by atoms with Crippen LogP contribution in [0.1, 0.15) is 153 Å². The van der Waals surface area contributed by atoms with Crippen molar-refractivity contribution in [1.29, 1.82) is 0 Å². The highest BCUT2D eigenvalue weighted by atomic mass is 127. The van der Waals surface area contributed by atoms with Crippen LogP contribution in [-0.2, 0) is 36.4 Å². The molecule has 0 radical (unpaired) electrons. The van der Waals surface area contributed by atoms with E-state index < -0.39 is 63.1 Å². The monoisotopic (exact) mass is 1420 g/mol. The molecule has 6 atom stereocenters. The van der Waals surface area contributed by atoms with Gasteiger partial charge < -0.3 is 41.5 Å². The fourth-order valence-corrected chi connectivity index (χ4v) is 12.6. The number of hydrogen-bond donors (Lipinski definition) is 1. The Balaban J connectivity index is 0.000000157. The van der Waals surface area contributed by atoms with Crippen molar-refractivity contribution in [3.8, 4) is 34.4 Å². The Morgan fingerprint density at radius 3 is 1.19 bits per heavy atom. The molecule has 6 saturated heterocycles. The van der Waals surface area contributed by atoms with E-state index in [1.54, 1.807) is 54.0 Å². The number of alkyl halides is 1. The number of aryl methyl sites for hydroxylation is 1. The van der Waals surface area contributed by atoms with E-state index in [2.05, 4.69) is 99.4 Å². The maximum absolute atomic E-state index is 12.4. The first-order valence-corrected chi connectivity index (χ1v) is 35.3. The van der Waals surface area contributed by atoms with Crippen LogP contribution >= 0.6 is 22.6 Å². The van der Waals surface area contributed by atoms with E-state index in [1.165, 1.54) is 91.8 Å². The second-order valence-electron chi connectivity index (χ2n) is 22.7. The van der Waals surface area contributed by atoms with Crippen molar-refractivity contribution in [1.82, 2.24) is 70.4 Å². The summed E-state index contributed by atoms with van der Waals surface area (Å²) in [5.41, 5.74) is 2.22. The van der Waals surface area contributed by atoms with Gasteiger partial charge in [-0.05, 0) is 93.4 Å². The minimum absolute atomic E-state index is 0.128. The lowest BCUT2D eigenvalue weighted by Gasteiger charge is -2.39. The van der Waals surface area contributed by atoms with E-state index in [-0.39, 0.29) is 37.0 Å². The topological polar surface area (TPSA) is 370 Å². The van der Waals surface area contributed by atoms with Gasteiger partial charge in [0.05, 0.1) is 49.9 Å². The van der Waals surface area contributed by atoms with Gasteiger partial charge in [-0.3, -0.25) is 15.2 Å². The molecule has 0 aromatic carbocycles. The lowest BCUT2D eigenvalue weighted by molar-refractivity contribution is -0.929. The molecule has 12 heterocycles. The minimum atomic E-state index is -5.02. The zero-order valence-corrected chi connectivity index (χ0v) is 55.5. The molecule has 6 aliphatic heterocycles. The third kappa shape index (κ3) is 17.8. The third-order valence-electron chi connectivity index (χ3n) is 16.5.